The Bertz CT molecular complexity index is 3320. The van der Waals surface area contributed by atoms with Crippen LogP contribution in [0.15, 0.2) is 182 Å². The number of anilines is 3. The van der Waals surface area contributed by atoms with E-state index in [0.717, 1.165) is 11.4 Å². The maximum Gasteiger partial charge on any atom is 0.0618 e. The van der Waals surface area contributed by atoms with Gasteiger partial charge in [-0.25, -0.2) is 0 Å². The fraction of sp³-hybridized carbons (Fsp3) is 0.0847. The summed E-state index contributed by atoms with van der Waals surface area (Å²) in [6.45, 7) is 11.0. The van der Waals surface area contributed by atoms with Crippen LogP contribution in [-0.2, 0) is 0 Å². The maximum absolute atomic E-state index is 2.44. The van der Waals surface area contributed by atoms with Gasteiger partial charge in [0.15, 0.2) is 0 Å². The first-order valence-electron chi connectivity index (χ1n) is 21.1. The van der Waals surface area contributed by atoms with E-state index in [9.17, 15) is 0 Å². The number of fused-ring (bicyclic) bond motifs is 2. The summed E-state index contributed by atoms with van der Waals surface area (Å²) >= 11 is 0. The Morgan fingerprint density at radius 3 is 1.40 bits per heavy atom. The summed E-state index contributed by atoms with van der Waals surface area (Å²) in [6.07, 6.45) is 0. The van der Waals surface area contributed by atoms with E-state index < -0.39 is 0 Å². The van der Waals surface area contributed by atoms with Gasteiger partial charge in [0, 0.05) is 22.1 Å². The number of hydrogen-bond donors (Lipinski definition) is 0. The monoisotopic (exact) mass is 767 g/mol. The molecular weight excluding hydrogens is 723 g/mol. The van der Waals surface area contributed by atoms with Gasteiger partial charge in [-0.3, -0.25) is 0 Å². The summed E-state index contributed by atoms with van der Waals surface area (Å²) in [5, 5.41) is 12.9. The number of rotatable bonds is 6. The van der Waals surface area contributed by atoms with Crippen molar-refractivity contribution in [1.82, 2.24) is 0 Å². The Morgan fingerprint density at radius 1 is 0.317 bits per heavy atom. The lowest BCUT2D eigenvalue weighted by Gasteiger charge is -2.30. The molecule has 1 nitrogen and oxygen atoms in total. The largest absolute Gasteiger partial charge is 0.309 e. The van der Waals surface area contributed by atoms with E-state index in [4.69, 9.17) is 0 Å². The van der Waals surface area contributed by atoms with Crippen molar-refractivity contribution in [3.63, 3.8) is 0 Å². The first-order chi connectivity index (χ1) is 29.3. The molecule has 0 fully saturated rings. The maximum atomic E-state index is 2.44. The quantitative estimate of drug-likeness (QED) is 0.120. The molecule has 0 aliphatic carbocycles. The molecule has 0 atom stereocenters. The molecule has 0 amide bonds. The van der Waals surface area contributed by atoms with Crippen LogP contribution in [0.3, 0.4) is 0 Å². The third-order valence-electron chi connectivity index (χ3n) is 12.7. The van der Waals surface area contributed by atoms with Crippen molar-refractivity contribution in [2.75, 3.05) is 4.90 Å². The smallest absolute Gasteiger partial charge is 0.0618 e. The molecule has 1 heteroatoms. The Kier molecular flexibility index (Phi) is 8.36. The van der Waals surface area contributed by atoms with Crippen LogP contribution in [0.4, 0.5) is 17.1 Å². The van der Waals surface area contributed by atoms with Crippen LogP contribution in [0.25, 0.3) is 87.2 Å². The molecule has 60 heavy (non-hydrogen) atoms. The number of hydrogen-bond acceptors (Lipinski definition) is 1. The van der Waals surface area contributed by atoms with Gasteiger partial charge in [0.1, 0.15) is 0 Å². The predicted molar refractivity (Wildman–Crippen MR) is 260 cm³/mol. The molecule has 0 spiro atoms. The Hall–Kier alpha value is -7.22. The van der Waals surface area contributed by atoms with Crippen molar-refractivity contribution in [2.24, 2.45) is 0 Å². The van der Waals surface area contributed by atoms with E-state index in [1.54, 1.807) is 0 Å². The third kappa shape index (κ3) is 5.84. The molecule has 0 unspecified atom stereocenters. The van der Waals surface area contributed by atoms with Gasteiger partial charge in [-0.05, 0) is 158 Å². The van der Waals surface area contributed by atoms with Gasteiger partial charge in [0.25, 0.3) is 0 Å². The average Bonchev–Trinajstić information content (AvgIpc) is 3.26. The summed E-state index contributed by atoms with van der Waals surface area (Å²) in [5.74, 6) is 0. The highest BCUT2D eigenvalue weighted by atomic mass is 15.1. The molecular formula is C59H45N. The van der Waals surface area contributed by atoms with Gasteiger partial charge >= 0.3 is 0 Å². The number of aryl methyl sites for hydroxylation is 5. The standard InChI is InChI=1S/C59H45N/c1-36-14-24-47(25-15-36)60(48-26-16-37(2)17-27-48)59-53-12-8-6-10-50(53)57(51-11-7-9-13-54(51)59)46-33-39(4)32-45(35-46)41-18-20-42(21-19-41)55-34-40(5)49-28-22-43-30-38(3)31-44-23-29-52(55)58(49)56(43)44/h6-35H,1-5H3. The molecule has 0 aromatic heterocycles. The van der Waals surface area contributed by atoms with Gasteiger partial charge in [0.2, 0.25) is 0 Å². The summed E-state index contributed by atoms with van der Waals surface area (Å²) in [5.41, 5.74) is 17.3. The van der Waals surface area contributed by atoms with Gasteiger partial charge < -0.3 is 4.90 Å². The van der Waals surface area contributed by atoms with Crippen LogP contribution in [0.5, 0.6) is 0 Å². The first kappa shape index (κ1) is 35.9. The zero-order valence-corrected chi connectivity index (χ0v) is 34.8. The molecule has 0 aliphatic rings. The van der Waals surface area contributed by atoms with Crippen LogP contribution < -0.4 is 4.90 Å². The number of nitrogens with zero attached hydrogens (tertiary/aromatic N) is 1. The SMILES string of the molecule is Cc1ccc(N(c2ccc(C)cc2)c2c3ccccc3c(-c3cc(C)cc(-c4ccc(-c5cc(C)c6ccc7cc(C)cc8ccc5c6c78)cc4)c3)c3ccccc23)cc1. The van der Waals surface area contributed by atoms with Crippen molar-refractivity contribution in [1.29, 1.82) is 0 Å². The molecule has 0 saturated carbocycles. The van der Waals surface area contributed by atoms with Crippen molar-refractivity contribution in [2.45, 2.75) is 34.6 Å². The van der Waals surface area contributed by atoms with E-state index in [2.05, 4.69) is 222 Å². The van der Waals surface area contributed by atoms with Crippen LogP contribution in [0.1, 0.15) is 27.8 Å². The van der Waals surface area contributed by atoms with E-state index in [-0.39, 0.29) is 0 Å². The Morgan fingerprint density at radius 2 is 0.817 bits per heavy atom. The van der Waals surface area contributed by atoms with Crippen molar-refractivity contribution in [3.8, 4) is 33.4 Å². The molecule has 0 aliphatic heterocycles. The molecule has 11 rings (SSSR count). The normalized spacial score (nSPS) is 11.8. The lowest BCUT2D eigenvalue weighted by atomic mass is 9.86. The second kappa shape index (κ2) is 14.0. The Labute approximate surface area is 352 Å². The minimum Gasteiger partial charge on any atom is -0.309 e. The first-order valence-corrected chi connectivity index (χ1v) is 21.1. The average molecular weight is 768 g/mol. The summed E-state index contributed by atoms with van der Waals surface area (Å²) in [4.78, 5) is 2.44. The van der Waals surface area contributed by atoms with Gasteiger partial charge in [-0.2, -0.15) is 0 Å². The van der Waals surface area contributed by atoms with Crippen molar-refractivity contribution >= 4 is 70.9 Å². The highest BCUT2D eigenvalue weighted by Gasteiger charge is 2.23. The van der Waals surface area contributed by atoms with Crippen molar-refractivity contribution in [3.05, 3.63) is 210 Å². The van der Waals surface area contributed by atoms with Crippen LogP contribution >= 0.6 is 0 Å². The van der Waals surface area contributed by atoms with Crippen LogP contribution in [0.2, 0.25) is 0 Å². The molecule has 0 radical (unpaired) electrons. The topological polar surface area (TPSA) is 3.24 Å². The molecule has 0 saturated heterocycles. The summed E-state index contributed by atoms with van der Waals surface area (Å²) in [7, 11) is 0. The zero-order valence-electron chi connectivity index (χ0n) is 34.8. The highest BCUT2D eigenvalue weighted by molar-refractivity contribution is 6.26. The van der Waals surface area contributed by atoms with E-state index in [1.165, 1.54) is 121 Å². The summed E-state index contributed by atoms with van der Waals surface area (Å²) in [6, 6.07) is 68.4. The molecule has 286 valence electrons. The van der Waals surface area contributed by atoms with Gasteiger partial charge in [0.05, 0.1) is 5.69 Å². The Balaban J connectivity index is 1.06. The molecule has 0 N–H and O–H groups in total. The molecule has 11 aromatic rings. The van der Waals surface area contributed by atoms with E-state index in [1.807, 2.05) is 0 Å². The minimum atomic E-state index is 1.14. The van der Waals surface area contributed by atoms with Crippen LogP contribution in [-0.4, -0.2) is 0 Å². The number of benzene rings is 11. The molecule has 11 aromatic carbocycles. The zero-order chi connectivity index (χ0) is 40.6. The van der Waals surface area contributed by atoms with Gasteiger partial charge in [-0.1, -0.05) is 163 Å². The van der Waals surface area contributed by atoms with E-state index in [0.29, 0.717) is 0 Å². The summed E-state index contributed by atoms with van der Waals surface area (Å²) < 4.78 is 0. The third-order valence-corrected chi connectivity index (χ3v) is 12.7. The second-order valence-electron chi connectivity index (χ2n) is 16.9. The lowest BCUT2D eigenvalue weighted by molar-refractivity contribution is 1.29. The fourth-order valence-corrected chi connectivity index (χ4v) is 9.87. The minimum absolute atomic E-state index is 1.14. The van der Waals surface area contributed by atoms with E-state index >= 15 is 0 Å². The predicted octanol–water partition coefficient (Wildman–Crippen LogP) is 16.9. The molecule has 0 heterocycles. The van der Waals surface area contributed by atoms with Crippen molar-refractivity contribution < 1.29 is 0 Å². The molecule has 0 bridgehead atoms. The van der Waals surface area contributed by atoms with Crippen LogP contribution in [0, 0.1) is 34.6 Å². The second-order valence-corrected chi connectivity index (χ2v) is 16.9. The lowest BCUT2D eigenvalue weighted by Crippen LogP contribution is -2.11. The van der Waals surface area contributed by atoms with Gasteiger partial charge in [-0.15, -0.1) is 0 Å². The fourth-order valence-electron chi connectivity index (χ4n) is 9.87. The highest BCUT2D eigenvalue weighted by Crippen LogP contribution is 2.49.